The van der Waals surface area contributed by atoms with Gasteiger partial charge in [-0.3, -0.25) is 0 Å². The SMILES string of the molecule is CCc1cc[c]c(Cl)c1. The van der Waals surface area contributed by atoms with E-state index in [1.165, 1.54) is 5.56 Å². The van der Waals surface area contributed by atoms with Crippen LogP contribution in [0.15, 0.2) is 18.2 Å². The van der Waals surface area contributed by atoms with Crippen LogP contribution >= 0.6 is 11.6 Å². The van der Waals surface area contributed by atoms with Crippen molar-refractivity contribution in [3.63, 3.8) is 0 Å². The van der Waals surface area contributed by atoms with E-state index in [-0.39, 0.29) is 0 Å². The van der Waals surface area contributed by atoms with Gasteiger partial charge < -0.3 is 0 Å². The van der Waals surface area contributed by atoms with Gasteiger partial charge in [0, 0.05) is 11.1 Å². The van der Waals surface area contributed by atoms with Gasteiger partial charge in [-0.15, -0.1) is 0 Å². The average Bonchev–Trinajstić information content (AvgIpc) is 1.88. The molecule has 0 nitrogen and oxygen atoms in total. The first-order valence-corrected chi connectivity index (χ1v) is 3.37. The molecule has 0 spiro atoms. The monoisotopic (exact) mass is 139 g/mol. The molecular weight excluding hydrogens is 132 g/mol. The number of aryl methyl sites for hydroxylation is 1. The lowest BCUT2D eigenvalue weighted by Gasteiger charge is -1.93. The van der Waals surface area contributed by atoms with Gasteiger partial charge >= 0.3 is 0 Å². The summed E-state index contributed by atoms with van der Waals surface area (Å²) in [5, 5.41) is 0.703. The van der Waals surface area contributed by atoms with Crippen LogP contribution < -0.4 is 0 Å². The van der Waals surface area contributed by atoms with Crippen LogP contribution in [0.25, 0.3) is 0 Å². The molecule has 1 heteroatoms. The van der Waals surface area contributed by atoms with Crippen molar-refractivity contribution >= 4 is 11.6 Å². The molecule has 0 aliphatic carbocycles. The fraction of sp³-hybridized carbons (Fsp3) is 0.250. The highest BCUT2D eigenvalue weighted by Crippen LogP contribution is 2.09. The lowest BCUT2D eigenvalue weighted by atomic mass is 10.2. The van der Waals surface area contributed by atoms with E-state index in [0.29, 0.717) is 5.02 Å². The predicted molar refractivity (Wildman–Crippen MR) is 39.7 cm³/mol. The molecule has 0 aliphatic rings. The number of rotatable bonds is 1. The summed E-state index contributed by atoms with van der Waals surface area (Å²) in [6.07, 6.45) is 1.04. The highest BCUT2D eigenvalue weighted by Gasteiger charge is 1.88. The van der Waals surface area contributed by atoms with Gasteiger partial charge in [-0.1, -0.05) is 30.7 Å². The smallest absolute Gasteiger partial charge is 0.0487 e. The summed E-state index contributed by atoms with van der Waals surface area (Å²) in [7, 11) is 0. The summed E-state index contributed by atoms with van der Waals surface area (Å²) in [5.74, 6) is 0. The normalized spacial score (nSPS) is 9.56. The second kappa shape index (κ2) is 2.88. The van der Waals surface area contributed by atoms with Crippen LogP contribution in [-0.2, 0) is 6.42 Å². The number of hydrogen-bond acceptors (Lipinski definition) is 0. The van der Waals surface area contributed by atoms with Crippen molar-refractivity contribution in [1.82, 2.24) is 0 Å². The Morgan fingerprint density at radius 1 is 1.67 bits per heavy atom. The van der Waals surface area contributed by atoms with Crippen LogP contribution in [0.4, 0.5) is 0 Å². The van der Waals surface area contributed by atoms with Crippen LogP contribution in [0.5, 0.6) is 0 Å². The fourth-order valence-corrected chi connectivity index (χ4v) is 0.904. The molecule has 0 fully saturated rings. The Morgan fingerprint density at radius 2 is 2.44 bits per heavy atom. The molecule has 47 valence electrons. The second-order valence-electron chi connectivity index (χ2n) is 1.90. The molecule has 9 heavy (non-hydrogen) atoms. The zero-order valence-corrected chi connectivity index (χ0v) is 6.07. The fourth-order valence-electron chi connectivity index (χ4n) is 0.701. The Hall–Kier alpha value is -0.490. The molecule has 0 N–H and O–H groups in total. The first kappa shape index (κ1) is 6.63. The average molecular weight is 140 g/mol. The maximum absolute atomic E-state index is 5.67. The minimum absolute atomic E-state index is 0.703. The maximum atomic E-state index is 5.67. The third-order valence-corrected chi connectivity index (χ3v) is 1.46. The molecule has 0 saturated carbocycles. The second-order valence-corrected chi connectivity index (χ2v) is 2.31. The molecule has 1 radical (unpaired) electrons. The van der Waals surface area contributed by atoms with Crippen molar-refractivity contribution in [1.29, 1.82) is 0 Å². The Kier molecular flexibility index (Phi) is 2.12. The van der Waals surface area contributed by atoms with Crippen molar-refractivity contribution in [2.45, 2.75) is 13.3 Å². The summed E-state index contributed by atoms with van der Waals surface area (Å²) in [5.41, 5.74) is 1.26. The third kappa shape index (κ3) is 1.72. The topological polar surface area (TPSA) is 0 Å². The van der Waals surface area contributed by atoms with E-state index in [2.05, 4.69) is 13.0 Å². The lowest BCUT2D eigenvalue weighted by Crippen LogP contribution is -1.76. The van der Waals surface area contributed by atoms with Crippen molar-refractivity contribution in [3.8, 4) is 0 Å². The summed E-state index contributed by atoms with van der Waals surface area (Å²) in [4.78, 5) is 0. The molecule has 0 unspecified atom stereocenters. The number of halogens is 1. The minimum Gasteiger partial charge on any atom is -0.0837 e. The molecule has 0 saturated heterocycles. The van der Waals surface area contributed by atoms with Crippen LogP contribution in [-0.4, -0.2) is 0 Å². The summed E-state index contributed by atoms with van der Waals surface area (Å²) >= 11 is 5.67. The largest absolute Gasteiger partial charge is 0.0837 e. The predicted octanol–water partition coefficient (Wildman–Crippen LogP) is 2.70. The molecule has 1 aromatic carbocycles. The van der Waals surface area contributed by atoms with Gasteiger partial charge in [0.05, 0.1) is 0 Å². The Morgan fingerprint density at radius 3 is 2.89 bits per heavy atom. The number of benzene rings is 1. The van der Waals surface area contributed by atoms with E-state index in [9.17, 15) is 0 Å². The quantitative estimate of drug-likeness (QED) is 0.561. The Bertz CT molecular complexity index is 194. The van der Waals surface area contributed by atoms with E-state index in [1.807, 2.05) is 18.2 Å². The summed E-state index contributed by atoms with van der Waals surface area (Å²) < 4.78 is 0. The summed E-state index contributed by atoms with van der Waals surface area (Å²) in [6.45, 7) is 2.10. The lowest BCUT2D eigenvalue weighted by molar-refractivity contribution is 1.14. The van der Waals surface area contributed by atoms with Crippen molar-refractivity contribution < 1.29 is 0 Å². The van der Waals surface area contributed by atoms with Crippen LogP contribution in [0, 0.1) is 6.07 Å². The van der Waals surface area contributed by atoms with Crippen molar-refractivity contribution in [2.24, 2.45) is 0 Å². The molecule has 1 rings (SSSR count). The zero-order chi connectivity index (χ0) is 6.69. The van der Waals surface area contributed by atoms with Crippen LogP contribution in [0.3, 0.4) is 0 Å². The van der Waals surface area contributed by atoms with Gasteiger partial charge in [-0.05, 0) is 18.1 Å². The molecule has 0 aromatic heterocycles. The van der Waals surface area contributed by atoms with E-state index in [1.54, 1.807) is 0 Å². The standard InChI is InChI=1S/C8H8Cl/c1-2-7-4-3-5-8(9)6-7/h3-4,6H,2H2,1H3. The molecule has 0 bridgehead atoms. The number of hydrogen-bond donors (Lipinski definition) is 0. The Labute approximate surface area is 60.5 Å². The van der Waals surface area contributed by atoms with Gasteiger partial charge in [0.25, 0.3) is 0 Å². The molecule has 0 amide bonds. The summed E-state index contributed by atoms with van der Waals surface area (Å²) in [6, 6.07) is 8.67. The van der Waals surface area contributed by atoms with Crippen molar-refractivity contribution in [3.05, 3.63) is 34.9 Å². The van der Waals surface area contributed by atoms with E-state index < -0.39 is 0 Å². The van der Waals surface area contributed by atoms with Gasteiger partial charge in [0.2, 0.25) is 0 Å². The maximum Gasteiger partial charge on any atom is 0.0487 e. The molecule has 0 heterocycles. The molecule has 1 aromatic rings. The highest BCUT2D eigenvalue weighted by molar-refractivity contribution is 6.30. The molecule has 0 atom stereocenters. The first-order chi connectivity index (χ1) is 4.33. The van der Waals surface area contributed by atoms with Crippen LogP contribution in [0.2, 0.25) is 5.02 Å². The van der Waals surface area contributed by atoms with Gasteiger partial charge in [-0.2, -0.15) is 0 Å². The van der Waals surface area contributed by atoms with Gasteiger partial charge in [0.1, 0.15) is 0 Å². The first-order valence-electron chi connectivity index (χ1n) is 2.99. The minimum atomic E-state index is 0.703. The molecular formula is C8H8Cl. The Balaban J connectivity index is 2.94. The van der Waals surface area contributed by atoms with E-state index in [4.69, 9.17) is 11.6 Å². The van der Waals surface area contributed by atoms with Gasteiger partial charge in [-0.25, -0.2) is 0 Å². The van der Waals surface area contributed by atoms with E-state index >= 15 is 0 Å². The zero-order valence-electron chi connectivity index (χ0n) is 5.32. The molecule has 0 aliphatic heterocycles. The van der Waals surface area contributed by atoms with Crippen molar-refractivity contribution in [2.75, 3.05) is 0 Å². The van der Waals surface area contributed by atoms with Gasteiger partial charge in [0.15, 0.2) is 0 Å². The highest BCUT2D eigenvalue weighted by atomic mass is 35.5. The van der Waals surface area contributed by atoms with E-state index in [0.717, 1.165) is 6.42 Å². The third-order valence-electron chi connectivity index (χ3n) is 1.24. The van der Waals surface area contributed by atoms with Crippen LogP contribution in [0.1, 0.15) is 12.5 Å².